The average Bonchev–Trinajstić information content (AvgIpc) is 3.10. The normalized spacial score (nSPS) is 16.7. The van der Waals surface area contributed by atoms with Gasteiger partial charge in [-0.05, 0) is 24.0 Å². The lowest BCUT2D eigenvalue weighted by atomic mass is 9.95. The first-order valence-corrected chi connectivity index (χ1v) is 5.83. The van der Waals surface area contributed by atoms with E-state index in [0.29, 0.717) is 12.8 Å². The van der Waals surface area contributed by atoms with Gasteiger partial charge in [-0.25, -0.2) is 0 Å². The van der Waals surface area contributed by atoms with Crippen molar-refractivity contribution in [2.45, 2.75) is 24.7 Å². The van der Waals surface area contributed by atoms with E-state index in [1.807, 2.05) is 24.3 Å². The Labute approximate surface area is 105 Å². The van der Waals surface area contributed by atoms with Crippen molar-refractivity contribution in [2.75, 3.05) is 0 Å². The standard InChI is InChI=1S/C14H15NO3/c15-12(16)3-1-2-10-4-6-11(7-5-10)14(8-9-14)13(17)18/h1-2,4-7H,3,8-9H2,(H2,15,16)(H,17,18). The van der Waals surface area contributed by atoms with Gasteiger partial charge in [0, 0.05) is 6.42 Å². The molecule has 0 spiro atoms. The second-order valence-electron chi connectivity index (χ2n) is 4.58. The summed E-state index contributed by atoms with van der Waals surface area (Å²) in [5.74, 6) is -1.12. The lowest BCUT2D eigenvalue weighted by Crippen LogP contribution is -2.19. The van der Waals surface area contributed by atoms with Crippen molar-refractivity contribution in [2.24, 2.45) is 5.73 Å². The molecule has 18 heavy (non-hydrogen) atoms. The third-order valence-corrected chi connectivity index (χ3v) is 3.25. The molecule has 0 unspecified atom stereocenters. The number of hydrogen-bond donors (Lipinski definition) is 2. The molecule has 0 aromatic heterocycles. The Bertz CT molecular complexity index is 498. The van der Waals surface area contributed by atoms with E-state index in [2.05, 4.69) is 0 Å². The van der Waals surface area contributed by atoms with Crippen LogP contribution in [0.2, 0.25) is 0 Å². The zero-order valence-electron chi connectivity index (χ0n) is 9.93. The van der Waals surface area contributed by atoms with Crippen LogP contribution >= 0.6 is 0 Å². The second-order valence-corrected chi connectivity index (χ2v) is 4.58. The van der Waals surface area contributed by atoms with Crippen molar-refractivity contribution in [3.63, 3.8) is 0 Å². The zero-order valence-corrected chi connectivity index (χ0v) is 9.93. The summed E-state index contributed by atoms with van der Waals surface area (Å²) in [6, 6.07) is 7.39. The molecule has 0 atom stereocenters. The van der Waals surface area contributed by atoms with Crippen LogP contribution in [0.3, 0.4) is 0 Å². The highest BCUT2D eigenvalue weighted by molar-refractivity contribution is 5.85. The lowest BCUT2D eigenvalue weighted by Gasteiger charge is -2.09. The van der Waals surface area contributed by atoms with Crippen molar-refractivity contribution in [3.8, 4) is 0 Å². The predicted molar refractivity (Wildman–Crippen MR) is 67.8 cm³/mol. The third kappa shape index (κ3) is 2.42. The maximum atomic E-state index is 11.2. The smallest absolute Gasteiger partial charge is 0.314 e. The van der Waals surface area contributed by atoms with Crippen LogP contribution in [0.5, 0.6) is 0 Å². The summed E-state index contributed by atoms with van der Waals surface area (Å²) in [4.78, 5) is 21.7. The zero-order chi connectivity index (χ0) is 13.2. The molecule has 0 heterocycles. The molecule has 94 valence electrons. The summed E-state index contributed by atoms with van der Waals surface area (Å²) in [7, 11) is 0. The molecule has 4 heteroatoms. The molecule has 4 nitrogen and oxygen atoms in total. The van der Waals surface area contributed by atoms with Crippen LogP contribution in [0, 0.1) is 0 Å². The second kappa shape index (κ2) is 4.64. The Balaban J connectivity index is 2.09. The minimum atomic E-state index is -0.750. The molecule has 1 aliphatic carbocycles. The number of carbonyl (C=O) groups is 2. The quantitative estimate of drug-likeness (QED) is 0.828. The van der Waals surface area contributed by atoms with E-state index >= 15 is 0 Å². The van der Waals surface area contributed by atoms with Gasteiger partial charge in [0.2, 0.25) is 5.91 Å². The minimum absolute atomic E-state index is 0.209. The van der Waals surface area contributed by atoms with Crippen LogP contribution in [0.15, 0.2) is 30.3 Å². The predicted octanol–water partition coefficient (Wildman–Crippen LogP) is 1.69. The van der Waals surface area contributed by atoms with E-state index in [4.69, 9.17) is 10.8 Å². The van der Waals surface area contributed by atoms with Crippen LogP contribution in [-0.2, 0) is 15.0 Å². The first-order valence-electron chi connectivity index (χ1n) is 5.83. The van der Waals surface area contributed by atoms with Crippen LogP contribution in [0.1, 0.15) is 30.4 Å². The maximum absolute atomic E-state index is 11.2. The number of carboxylic acids is 1. The molecular weight excluding hydrogens is 230 g/mol. The van der Waals surface area contributed by atoms with E-state index in [-0.39, 0.29) is 12.3 Å². The van der Waals surface area contributed by atoms with Gasteiger partial charge in [0.25, 0.3) is 0 Å². The van der Waals surface area contributed by atoms with Gasteiger partial charge in [-0.2, -0.15) is 0 Å². The minimum Gasteiger partial charge on any atom is -0.481 e. The highest BCUT2D eigenvalue weighted by Crippen LogP contribution is 2.48. The SMILES string of the molecule is NC(=O)CC=Cc1ccc(C2(C(=O)O)CC2)cc1. The number of benzene rings is 1. The first kappa shape index (κ1) is 12.4. The van der Waals surface area contributed by atoms with Crippen molar-refractivity contribution in [3.05, 3.63) is 41.5 Å². The van der Waals surface area contributed by atoms with Crippen LogP contribution in [-0.4, -0.2) is 17.0 Å². The Kier molecular flexibility index (Phi) is 3.19. The molecule has 0 aliphatic heterocycles. The molecular formula is C14H15NO3. The fourth-order valence-corrected chi connectivity index (χ4v) is 1.98. The molecule has 1 saturated carbocycles. The monoisotopic (exact) mass is 245 g/mol. The summed E-state index contributed by atoms with van der Waals surface area (Å²) < 4.78 is 0. The average molecular weight is 245 g/mol. The molecule has 1 aromatic rings. The van der Waals surface area contributed by atoms with Crippen LogP contribution in [0.4, 0.5) is 0 Å². The Morgan fingerprint density at radius 1 is 1.28 bits per heavy atom. The van der Waals surface area contributed by atoms with Gasteiger partial charge in [-0.1, -0.05) is 36.4 Å². The highest BCUT2D eigenvalue weighted by atomic mass is 16.4. The van der Waals surface area contributed by atoms with E-state index in [9.17, 15) is 9.59 Å². The van der Waals surface area contributed by atoms with Gasteiger partial charge in [-0.3, -0.25) is 9.59 Å². The van der Waals surface area contributed by atoms with E-state index in [1.54, 1.807) is 12.2 Å². The number of rotatable bonds is 5. The number of hydrogen-bond acceptors (Lipinski definition) is 2. The van der Waals surface area contributed by atoms with Crippen molar-refractivity contribution in [1.29, 1.82) is 0 Å². The number of nitrogens with two attached hydrogens (primary N) is 1. The summed E-state index contributed by atoms with van der Waals surface area (Å²) in [6.07, 6.45) is 5.12. The van der Waals surface area contributed by atoms with E-state index in [1.165, 1.54) is 0 Å². The molecule has 2 rings (SSSR count). The summed E-state index contributed by atoms with van der Waals surface area (Å²) in [5, 5.41) is 9.16. The van der Waals surface area contributed by atoms with Crippen LogP contribution < -0.4 is 5.73 Å². The maximum Gasteiger partial charge on any atom is 0.314 e. The summed E-state index contributed by atoms with van der Waals surface area (Å²) in [5.41, 5.74) is 6.15. The van der Waals surface area contributed by atoms with Gasteiger partial charge in [0.15, 0.2) is 0 Å². The Hall–Kier alpha value is -2.10. The van der Waals surface area contributed by atoms with Crippen molar-refractivity contribution < 1.29 is 14.7 Å². The number of carboxylic acid groups (broad SMARTS) is 1. The van der Waals surface area contributed by atoms with E-state index < -0.39 is 11.4 Å². The first-order chi connectivity index (χ1) is 8.54. The molecule has 0 saturated heterocycles. The summed E-state index contributed by atoms with van der Waals surface area (Å²) >= 11 is 0. The number of primary amides is 1. The van der Waals surface area contributed by atoms with Gasteiger partial charge in [-0.15, -0.1) is 0 Å². The Morgan fingerprint density at radius 3 is 2.33 bits per heavy atom. The third-order valence-electron chi connectivity index (χ3n) is 3.25. The largest absolute Gasteiger partial charge is 0.481 e. The van der Waals surface area contributed by atoms with Crippen molar-refractivity contribution >= 4 is 18.0 Å². The Morgan fingerprint density at radius 2 is 1.89 bits per heavy atom. The molecule has 1 amide bonds. The summed E-state index contributed by atoms with van der Waals surface area (Å²) in [6.45, 7) is 0. The molecule has 0 radical (unpaired) electrons. The molecule has 1 fully saturated rings. The van der Waals surface area contributed by atoms with Gasteiger partial charge in [0.05, 0.1) is 5.41 Å². The molecule has 1 aromatic carbocycles. The van der Waals surface area contributed by atoms with E-state index in [0.717, 1.165) is 11.1 Å². The molecule has 3 N–H and O–H groups in total. The number of amides is 1. The fourth-order valence-electron chi connectivity index (χ4n) is 1.98. The molecule has 0 bridgehead atoms. The van der Waals surface area contributed by atoms with Gasteiger partial charge >= 0.3 is 5.97 Å². The van der Waals surface area contributed by atoms with Crippen LogP contribution in [0.25, 0.3) is 6.08 Å². The van der Waals surface area contributed by atoms with Crippen molar-refractivity contribution in [1.82, 2.24) is 0 Å². The lowest BCUT2D eigenvalue weighted by molar-refractivity contribution is -0.140. The topological polar surface area (TPSA) is 80.4 Å². The fraction of sp³-hybridized carbons (Fsp3) is 0.286. The van der Waals surface area contributed by atoms with Gasteiger partial charge < -0.3 is 10.8 Å². The van der Waals surface area contributed by atoms with Gasteiger partial charge in [0.1, 0.15) is 0 Å². The highest BCUT2D eigenvalue weighted by Gasteiger charge is 2.51. The number of carbonyl (C=O) groups excluding carboxylic acids is 1. The molecule has 1 aliphatic rings. The number of aliphatic carboxylic acids is 1.